The van der Waals surface area contributed by atoms with Crippen LogP contribution in [0.25, 0.3) is 0 Å². The van der Waals surface area contributed by atoms with Gasteiger partial charge in [0.25, 0.3) is 0 Å². The zero-order valence-corrected chi connectivity index (χ0v) is 11.1. The summed E-state index contributed by atoms with van der Waals surface area (Å²) in [5, 5.41) is 0. The second-order valence-electron chi connectivity index (χ2n) is 4.98. The summed E-state index contributed by atoms with van der Waals surface area (Å²) >= 11 is 0. The highest BCUT2D eigenvalue weighted by molar-refractivity contribution is 5.63. The molecule has 1 saturated carbocycles. The van der Waals surface area contributed by atoms with Gasteiger partial charge in [-0.3, -0.25) is 9.98 Å². The summed E-state index contributed by atoms with van der Waals surface area (Å²) < 4.78 is 0. The molecule has 2 nitrogen and oxygen atoms in total. The highest BCUT2D eigenvalue weighted by Crippen LogP contribution is 2.28. The molecule has 0 saturated heterocycles. The zero-order valence-electron chi connectivity index (χ0n) is 11.1. The summed E-state index contributed by atoms with van der Waals surface area (Å²) in [4.78, 5) is 9.04. The van der Waals surface area contributed by atoms with E-state index < -0.39 is 0 Å². The average Bonchev–Trinajstić information content (AvgIpc) is 2.41. The Bertz CT molecular complexity index is 395. The number of benzene rings is 1. The van der Waals surface area contributed by atoms with Gasteiger partial charge in [0.05, 0.1) is 5.69 Å². The molecule has 0 spiro atoms. The van der Waals surface area contributed by atoms with Crippen LogP contribution in [0.4, 0.5) is 5.69 Å². The molecule has 0 radical (unpaired) electrons. The summed E-state index contributed by atoms with van der Waals surface area (Å²) in [6.07, 6.45) is 10.2. The van der Waals surface area contributed by atoms with E-state index >= 15 is 0 Å². The standard InChI is InChI=1S/C16H22N2/c1-2-17-16-10-6-7-14(13-16)11-12-18-15-8-4-3-5-9-15/h2-5,8-9,12,14,16H,6-7,10-11,13H2,1H3. The molecular formula is C16H22N2. The zero-order chi connectivity index (χ0) is 12.6. The van der Waals surface area contributed by atoms with Crippen LogP contribution in [-0.2, 0) is 0 Å². The van der Waals surface area contributed by atoms with Gasteiger partial charge in [-0.2, -0.15) is 0 Å². The maximum absolute atomic E-state index is 4.53. The molecule has 1 aromatic carbocycles. The van der Waals surface area contributed by atoms with Gasteiger partial charge >= 0.3 is 0 Å². The van der Waals surface area contributed by atoms with E-state index in [0.29, 0.717) is 6.04 Å². The maximum Gasteiger partial charge on any atom is 0.0625 e. The fourth-order valence-electron chi connectivity index (χ4n) is 2.64. The quantitative estimate of drug-likeness (QED) is 0.698. The Morgan fingerprint density at radius 3 is 2.83 bits per heavy atom. The first-order valence-electron chi connectivity index (χ1n) is 6.94. The van der Waals surface area contributed by atoms with E-state index in [1.807, 2.05) is 43.5 Å². The summed E-state index contributed by atoms with van der Waals surface area (Å²) in [5.41, 5.74) is 1.05. The van der Waals surface area contributed by atoms with E-state index in [9.17, 15) is 0 Å². The smallest absolute Gasteiger partial charge is 0.0625 e. The Hall–Kier alpha value is -1.44. The predicted molar refractivity (Wildman–Crippen MR) is 79.1 cm³/mol. The van der Waals surface area contributed by atoms with Crippen LogP contribution in [0, 0.1) is 5.92 Å². The first-order valence-corrected chi connectivity index (χ1v) is 6.94. The second-order valence-corrected chi connectivity index (χ2v) is 4.98. The molecule has 1 aliphatic carbocycles. The molecule has 2 rings (SSSR count). The minimum atomic E-state index is 0.555. The largest absolute Gasteiger partial charge is 0.295 e. The van der Waals surface area contributed by atoms with Crippen molar-refractivity contribution >= 4 is 18.1 Å². The van der Waals surface area contributed by atoms with E-state index in [1.165, 1.54) is 25.7 Å². The number of para-hydroxylation sites is 1. The first kappa shape index (κ1) is 13.0. The highest BCUT2D eigenvalue weighted by Gasteiger charge is 2.19. The van der Waals surface area contributed by atoms with Crippen LogP contribution < -0.4 is 0 Å². The lowest BCUT2D eigenvalue weighted by Crippen LogP contribution is -2.18. The minimum absolute atomic E-state index is 0.555. The van der Waals surface area contributed by atoms with E-state index in [1.54, 1.807) is 0 Å². The van der Waals surface area contributed by atoms with Crippen molar-refractivity contribution in [3.63, 3.8) is 0 Å². The van der Waals surface area contributed by atoms with Crippen molar-refractivity contribution < 1.29 is 0 Å². The van der Waals surface area contributed by atoms with Crippen molar-refractivity contribution in [1.29, 1.82) is 0 Å². The molecule has 1 aliphatic rings. The Labute approximate surface area is 110 Å². The van der Waals surface area contributed by atoms with E-state index in [2.05, 4.69) is 16.2 Å². The van der Waals surface area contributed by atoms with Crippen LogP contribution in [0.5, 0.6) is 0 Å². The van der Waals surface area contributed by atoms with Crippen LogP contribution in [0.3, 0.4) is 0 Å². The van der Waals surface area contributed by atoms with Gasteiger partial charge in [0.15, 0.2) is 0 Å². The van der Waals surface area contributed by atoms with Crippen LogP contribution in [-0.4, -0.2) is 18.5 Å². The third kappa shape index (κ3) is 4.10. The summed E-state index contributed by atoms with van der Waals surface area (Å²) in [6, 6.07) is 10.7. The lowest BCUT2D eigenvalue weighted by molar-refractivity contribution is 0.333. The molecule has 0 bridgehead atoms. The van der Waals surface area contributed by atoms with Gasteiger partial charge in [0.2, 0.25) is 0 Å². The van der Waals surface area contributed by atoms with Gasteiger partial charge in [0, 0.05) is 12.3 Å². The lowest BCUT2D eigenvalue weighted by atomic mass is 9.84. The van der Waals surface area contributed by atoms with Gasteiger partial charge in [-0.1, -0.05) is 24.6 Å². The van der Waals surface area contributed by atoms with Crippen molar-refractivity contribution in [2.75, 3.05) is 0 Å². The number of hydrogen-bond acceptors (Lipinski definition) is 2. The summed E-state index contributed by atoms with van der Waals surface area (Å²) in [5.74, 6) is 0.764. The van der Waals surface area contributed by atoms with Crippen LogP contribution in [0.1, 0.15) is 39.0 Å². The maximum atomic E-state index is 4.53. The van der Waals surface area contributed by atoms with E-state index in [4.69, 9.17) is 0 Å². The van der Waals surface area contributed by atoms with Crippen molar-refractivity contribution in [3.05, 3.63) is 30.3 Å². The molecule has 18 heavy (non-hydrogen) atoms. The van der Waals surface area contributed by atoms with Crippen molar-refractivity contribution in [1.82, 2.24) is 0 Å². The first-order chi connectivity index (χ1) is 8.88. The Kier molecular flexibility index (Phi) is 5.13. The lowest BCUT2D eigenvalue weighted by Gasteiger charge is -2.25. The molecule has 2 atom stereocenters. The second kappa shape index (κ2) is 7.10. The van der Waals surface area contributed by atoms with Gasteiger partial charge in [-0.15, -0.1) is 0 Å². The number of nitrogens with zero attached hydrogens (tertiary/aromatic N) is 2. The molecule has 96 valence electrons. The minimum Gasteiger partial charge on any atom is -0.295 e. The Morgan fingerprint density at radius 2 is 2.06 bits per heavy atom. The average molecular weight is 242 g/mol. The SMILES string of the molecule is CC=NC1CCCC(CC=Nc2ccccc2)C1. The Balaban J connectivity index is 1.81. The van der Waals surface area contributed by atoms with Crippen LogP contribution in [0.15, 0.2) is 40.3 Å². The normalized spacial score (nSPS) is 24.9. The van der Waals surface area contributed by atoms with Gasteiger partial charge in [-0.25, -0.2) is 0 Å². The van der Waals surface area contributed by atoms with Gasteiger partial charge in [-0.05, 0) is 56.9 Å². The third-order valence-electron chi connectivity index (χ3n) is 3.55. The van der Waals surface area contributed by atoms with Gasteiger partial charge in [0.1, 0.15) is 0 Å². The van der Waals surface area contributed by atoms with Crippen molar-refractivity contribution in [2.24, 2.45) is 15.9 Å². The molecule has 1 fully saturated rings. The monoisotopic (exact) mass is 242 g/mol. The number of aliphatic imine (C=N–C) groups is 2. The molecule has 0 heterocycles. The van der Waals surface area contributed by atoms with Gasteiger partial charge < -0.3 is 0 Å². The van der Waals surface area contributed by atoms with Crippen LogP contribution in [0.2, 0.25) is 0 Å². The number of rotatable bonds is 4. The van der Waals surface area contributed by atoms with Crippen molar-refractivity contribution in [2.45, 2.75) is 45.1 Å². The molecule has 2 heteroatoms. The topological polar surface area (TPSA) is 24.7 Å². The summed E-state index contributed by atoms with van der Waals surface area (Å²) in [6.45, 7) is 2.01. The molecular weight excluding hydrogens is 220 g/mol. The molecule has 1 aromatic rings. The molecule has 0 amide bonds. The van der Waals surface area contributed by atoms with E-state index in [0.717, 1.165) is 18.0 Å². The fourth-order valence-corrected chi connectivity index (χ4v) is 2.64. The predicted octanol–water partition coefficient (Wildman–Crippen LogP) is 4.43. The number of hydrogen-bond donors (Lipinski definition) is 0. The highest BCUT2D eigenvalue weighted by atomic mass is 14.8. The molecule has 0 aromatic heterocycles. The fraction of sp³-hybridized carbons (Fsp3) is 0.500. The molecule has 0 aliphatic heterocycles. The third-order valence-corrected chi connectivity index (χ3v) is 3.55. The summed E-state index contributed by atoms with van der Waals surface area (Å²) in [7, 11) is 0. The molecule has 2 unspecified atom stereocenters. The van der Waals surface area contributed by atoms with Crippen molar-refractivity contribution in [3.8, 4) is 0 Å². The Morgan fingerprint density at radius 1 is 1.22 bits per heavy atom. The van der Waals surface area contributed by atoms with Crippen LogP contribution >= 0.6 is 0 Å². The van der Waals surface area contributed by atoms with E-state index in [-0.39, 0.29) is 0 Å². The molecule has 0 N–H and O–H groups in total.